The lowest BCUT2D eigenvalue weighted by Crippen LogP contribution is -2.46. The van der Waals surface area contributed by atoms with Crippen LogP contribution in [0.3, 0.4) is 0 Å². The smallest absolute Gasteiger partial charge is 0.317 e. The Labute approximate surface area is 114 Å². The van der Waals surface area contributed by atoms with Gasteiger partial charge in [-0.1, -0.05) is 12.2 Å². The molecule has 0 radical (unpaired) electrons. The highest BCUT2D eigenvalue weighted by molar-refractivity contribution is 5.75. The molecular formula is C13H24N2O4. The second kappa shape index (κ2) is 9.38. The number of carboxylic acid groups (broad SMARTS) is 1. The SMILES string of the molecule is C=C(C)COCCNC(=O)N(CC)C(C)CC(=O)O. The second-order valence-corrected chi connectivity index (χ2v) is 4.47. The zero-order chi connectivity index (χ0) is 14.8. The average Bonchev–Trinajstić information content (AvgIpc) is 2.27. The maximum Gasteiger partial charge on any atom is 0.317 e. The summed E-state index contributed by atoms with van der Waals surface area (Å²) >= 11 is 0. The van der Waals surface area contributed by atoms with E-state index >= 15 is 0 Å². The first-order chi connectivity index (χ1) is 8.88. The lowest BCUT2D eigenvalue weighted by atomic mass is 10.2. The van der Waals surface area contributed by atoms with Crippen molar-refractivity contribution in [3.8, 4) is 0 Å². The van der Waals surface area contributed by atoms with Crippen molar-refractivity contribution >= 4 is 12.0 Å². The molecule has 2 amide bonds. The number of aliphatic carboxylic acids is 1. The fraction of sp³-hybridized carbons (Fsp3) is 0.692. The van der Waals surface area contributed by atoms with E-state index < -0.39 is 5.97 Å². The molecule has 6 nitrogen and oxygen atoms in total. The van der Waals surface area contributed by atoms with Crippen LogP contribution >= 0.6 is 0 Å². The Kier molecular flexibility index (Phi) is 8.61. The average molecular weight is 272 g/mol. The fourth-order valence-electron chi connectivity index (χ4n) is 1.60. The van der Waals surface area contributed by atoms with Gasteiger partial charge in [0.25, 0.3) is 0 Å². The van der Waals surface area contributed by atoms with Gasteiger partial charge in [-0.2, -0.15) is 0 Å². The zero-order valence-electron chi connectivity index (χ0n) is 11.9. The summed E-state index contributed by atoms with van der Waals surface area (Å²) in [4.78, 5) is 24.0. The van der Waals surface area contributed by atoms with Gasteiger partial charge in [0.2, 0.25) is 0 Å². The van der Waals surface area contributed by atoms with Crippen molar-refractivity contribution in [1.29, 1.82) is 0 Å². The first-order valence-corrected chi connectivity index (χ1v) is 6.36. The van der Waals surface area contributed by atoms with Gasteiger partial charge in [0.05, 0.1) is 19.6 Å². The number of ether oxygens (including phenoxy) is 1. The van der Waals surface area contributed by atoms with Crippen LogP contribution in [-0.2, 0) is 9.53 Å². The van der Waals surface area contributed by atoms with Gasteiger partial charge in [-0.05, 0) is 20.8 Å². The van der Waals surface area contributed by atoms with Gasteiger partial charge in [-0.15, -0.1) is 0 Å². The number of carbonyl (C=O) groups is 2. The van der Waals surface area contributed by atoms with Crippen molar-refractivity contribution in [2.45, 2.75) is 33.2 Å². The molecule has 110 valence electrons. The number of carboxylic acids is 1. The summed E-state index contributed by atoms with van der Waals surface area (Å²) in [6, 6.07) is -0.603. The van der Waals surface area contributed by atoms with Gasteiger partial charge in [0.15, 0.2) is 0 Å². The predicted octanol–water partition coefficient (Wildman–Crippen LogP) is 1.47. The molecule has 0 aromatic rings. The van der Waals surface area contributed by atoms with Crippen molar-refractivity contribution in [2.24, 2.45) is 0 Å². The van der Waals surface area contributed by atoms with E-state index in [-0.39, 0.29) is 18.5 Å². The number of nitrogens with zero attached hydrogens (tertiary/aromatic N) is 1. The topological polar surface area (TPSA) is 78.9 Å². The Morgan fingerprint density at radius 3 is 2.58 bits per heavy atom. The molecule has 0 fully saturated rings. The minimum absolute atomic E-state index is 0.0621. The van der Waals surface area contributed by atoms with Crippen LogP contribution in [0.2, 0.25) is 0 Å². The van der Waals surface area contributed by atoms with Crippen molar-refractivity contribution in [3.05, 3.63) is 12.2 Å². The molecule has 1 unspecified atom stereocenters. The maximum atomic E-state index is 11.8. The highest BCUT2D eigenvalue weighted by Gasteiger charge is 2.20. The fourth-order valence-corrected chi connectivity index (χ4v) is 1.60. The van der Waals surface area contributed by atoms with E-state index in [1.807, 2.05) is 13.8 Å². The van der Waals surface area contributed by atoms with Gasteiger partial charge in [-0.3, -0.25) is 4.79 Å². The number of carbonyl (C=O) groups excluding carboxylic acids is 1. The van der Waals surface area contributed by atoms with E-state index in [2.05, 4.69) is 11.9 Å². The lowest BCUT2D eigenvalue weighted by molar-refractivity contribution is -0.138. The number of nitrogens with one attached hydrogen (secondary N) is 1. The predicted molar refractivity (Wildman–Crippen MR) is 73.1 cm³/mol. The standard InChI is InChI=1S/C13H24N2O4/c1-5-15(11(4)8-12(16)17)13(18)14-6-7-19-9-10(2)3/h11H,2,5-9H2,1,3-4H3,(H,14,18)(H,16,17). The molecule has 0 aromatic carbocycles. The highest BCUT2D eigenvalue weighted by atomic mass is 16.5. The van der Waals surface area contributed by atoms with Gasteiger partial charge in [0, 0.05) is 19.1 Å². The molecular weight excluding hydrogens is 248 g/mol. The van der Waals surface area contributed by atoms with Crippen LogP contribution in [0.25, 0.3) is 0 Å². The Morgan fingerprint density at radius 1 is 1.47 bits per heavy atom. The molecule has 0 saturated heterocycles. The summed E-state index contributed by atoms with van der Waals surface area (Å²) in [5.41, 5.74) is 0.927. The summed E-state index contributed by atoms with van der Waals surface area (Å²) in [6.45, 7) is 10.8. The molecule has 0 aliphatic rings. The molecule has 0 aromatic heterocycles. The lowest BCUT2D eigenvalue weighted by Gasteiger charge is -2.27. The summed E-state index contributed by atoms with van der Waals surface area (Å²) in [6.07, 6.45) is -0.0621. The molecule has 0 spiro atoms. The molecule has 1 atom stereocenters. The summed E-state index contributed by atoms with van der Waals surface area (Å²) < 4.78 is 5.26. The van der Waals surface area contributed by atoms with Gasteiger partial charge >= 0.3 is 12.0 Å². The number of hydrogen-bond donors (Lipinski definition) is 2. The van der Waals surface area contributed by atoms with Crippen LogP contribution in [0.1, 0.15) is 27.2 Å². The van der Waals surface area contributed by atoms with E-state index in [4.69, 9.17) is 9.84 Å². The monoisotopic (exact) mass is 272 g/mol. The molecule has 0 rings (SSSR count). The van der Waals surface area contributed by atoms with Crippen molar-refractivity contribution < 1.29 is 19.4 Å². The quantitative estimate of drug-likeness (QED) is 0.492. The normalized spacial score (nSPS) is 11.7. The molecule has 0 heterocycles. The molecule has 0 aliphatic heterocycles. The zero-order valence-corrected chi connectivity index (χ0v) is 11.9. The first kappa shape index (κ1) is 17.4. The number of amides is 2. The molecule has 0 saturated carbocycles. The minimum atomic E-state index is -0.913. The third kappa shape index (κ3) is 8.20. The molecule has 6 heteroatoms. The van der Waals surface area contributed by atoms with Gasteiger partial charge in [0.1, 0.15) is 0 Å². The highest BCUT2D eigenvalue weighted by Crippen LogP contribution is 2.04. The van der Waals surface area contributed by atoms with E-state index in [0.29, 0.717) is 26.3 Å². The Morgan fingerprint density at radius 2 is 2.11 bits per heavy atom. The van der Waals surface area contributed by atoms with Crippen molar-refractivity contribution in [1.82, 2.24) is 10.2 Å². The summed E-state index contributed by atoms with van der Waals surface area (Å²) in [5, 5.41) is 11.4. The first-order valence-electron chi connectivity index (χ1n) is 6.36. The van der Waals surface area contributed by atoms with E-state index in [1.165, 1.54) is 4.90 Å². The van der Waals surface area contributed by atoms with Crippen molar-refractivity contribution in [3.63, 3.8) is 0 Å². The largest absolute Gasteiger partial charge is 0.481 e. The molecule has 0 aliphatic carbocycles. The van der Waals surface area contributed by atoms with E-state index in [9.17, 15) is 9.59 Å². The van der Waals surface area contributed by atoms with Crippen LogP contribution in [-0.4, -0.2) is 54.4 Å². The molecule has 19 heavy (non-hydrogen) atoms. The number of urea groups is 1. The Bertz CT molecular complexity index is 318. The van der Waals surface area contributed by atoms with Crippen LogP contribution in [0.4, 0.5) is 4.79 Å². The van der Waals surface area contributed by atoms with Crippen LogP contribution in [0.5, 0.6) is 0 Å². The van der Waals surface area contributed by atoms with Crippen molar-refractivity contribution in [2.75, 3.05) is 26.3 Å². The van der Waals surface area contributed by atoms with E-state index in [1.54, 1.807) is 6.92 Å². The van der Waals surface area contributed by atoms with Crippen LogP contribution < -0.4 is 5.32 Å². The van der Waals surface area contributed by atoms with E-state index in [0.717, 1.165) is 5.57 Å². The molecule has 0 bridgehead atoms. The van der Waals surface area contributed by atoms with Gasteiger partial charge < -0.3 is 20.1 Å². The third-order valence-corrected chi connectivity index (χ3v) is 2.47. The van der Waals surface area contributed by atoms with Gasteiger partial charge in [-0.25, -0.2) is 4.79 Å². The van der Waals surface area contributed by atoms with Crippen LogP contribution in [0, 0.1) is 0 Å². The minimum Gasteiger partial charge on any atom is -0.481 e. The Hall–Kier alpha value is -1.56. The second-order valence-electron chi connectivity index (χ2n) is 4.47. The number of rotatable bonds is 9. The summed E-state index contributed by atoms with van der Waals surface area (Å²) in [5.74, 6) is -0.913. The maximum absolute atomic E-state index is 11.8. The summed E-state index contributed by atoms with van der Waals surface area (Å²) in [7, 11) is 0. The number of hydrogen-bond acceptors (Lipinski definition) is 3. The third-order valence-electron chi connectivity index (χ3n) is 2.47. The Balaban J connectivity index is 4.00. The molecule has 2 N–H and O–H groups in total. The van der Waals surface area contributed by atoms with Crippen LogP contribution in [0.15, 0.2) is 12.2 Å².